The summed E-state index contributed by atoms with van der Waals surface area (Å²) < 4.78 is 21.9. The van der Waals surface area contributed by atoms with Gasteiger partial charge in [-0.25, -0.2) is 10.2 Å². The predicted octanol–water partition coefficient (Wildman–Crippen LogP) is 4.87. The van der Waals surface area contributed by atoms with Gasteiger partial charge in [0.25, 0.3) is 5.91 Å². The number of hydrogen-bond donors (Lipinski definition) is 1. The highest BCUT2D eigenvalue weighted by Gasteiger charge is 2.14. The Labute approximate surface area is 204 Å². The van der Waals surface area contributed by atoms with E-state index in [-0.39, 0.29) is 11.7 Å². The van der Waals surface area contributed by atoms with Crippen LogP contribution in [0, 0.1) is 0 Å². The third kappa shape index (κ3) is 7.33. The molecule has 0 spiro atoms. The zero-order chi connectivity index (χ0) is 25.0. The van der Waals surface area contributed by atoms with E-state index in [1.54, 1.807) is 66.7 Å². The number of ether oxygens (including phenoxy) is 4. The molecular weight excluding hydrogens is 448 g/mol. The zero-order valence-corrected chi connectivity index (χ0v) is 19.9. The largest absolute Gasteiger partial charge is 0.497 e. The molecule has 8 heteroatoms. The Morgan fingerprint density at radius 3 is 2.40 bits per heavy atom. The summed E-state index contributed by atoms with van der Waals surface area (Å²) in [6.45, 7) is 4.84. The molecule has 0 aliphatic heterocycles. The summed E-state index contributed by atoms with van der Waals surface area (Å²) in [4.78, 5) is 24.9. The van der Waals surface area contributed by atoms with Gasteiger partial charge >= 0.3 is 5.97 Å². The van der Waals surface area contributed by atoms with E-state index in [4.69, 9.17) is 18.9 Å². The van der Waals surface area contributed by atoms with E-state index in [9.17, 15) is 9.59 Å². The Morgan fingerprint density at radius 1 is 0.886 bits per heavy atom. The van der Waals surface area contributed by atoms with Crippen molar-refractivity contribution in [3.8, 4) is 23.0 Å². The Morgan fingerprint density at radius 2 is 1.69 bits per heavy atom. The maximum atomic E-state index is 12.6. The van der Waals surface area contributed by atoms with Crippen molar-refractivity contribution < 1.29 is 28.5 Å². The number of amides is 1. The van der Waals surface area contributed by atoms with Crippen molar-refractivity contribution in [2.45, 2.75) is 20.3 Å². The number of hydrazone groups is 1. The molecule has 0 fully saturated rings. The van der Waals surface area contributed by atoms with E-state index in [1.807, 2.05) is 13.8 Å². The molecule has 0 aliphatic carbocycles. The SMILES string of the molecule is CCCOc1ccc(C(=O)Oc2ccc(/C=N/NC(=O)c3cccc(OC)c3)cc2OCC)cc1. The van der Waals surface area contributed by atoms with E-state index < -0.39 is 5.97 Å². The monoisotopic (exact) mass is 476 g/mol. The Kier molecular flexibility index (Phi) is 9.24. The average molecular weight is 477 g/mol. The third-order valence-corrected chi connectivity index (χ3v) is 4.74. The molecule has 0 aliphatic rings. The van der Waals surface area contributed by atoms with Gasteiger partial charge in [0.05, 0.1) is 32.1 Å². The van der Waals surface area contributed by atoms with Crippen molar-refractivity contribution in [1.82, 2.24) is 5.43 Å². The van der Waals surface area contributed by atoms with Crippen LogP contribution in [-0.4, -0.2) is 38.4 Å². The first-order valence-corrected chi connectivity index (χ1v) is 11.2. The second kappa shape index (κ2) is 12.8. The third-order valence-electron chi connectivity index (χ3n) is 4.74. The number of nitrogens with zero attached hydrogens (tertiary/aromatic N) is 1. The topological polar surface area (TPSA) is 95.5 Å². The van der Waals surface area contributed by atoms with Gasteiger partial charge < -0.3 is 18.9 Å². The van der Waals surface area contributed by atoms with Gasteiger partial charge in [0, 0.05) is 5.56 Å². The lowest BCUT2D eigenvalue weighted by Gasteiger charge is -2.12. The highest BCUT2D eigenvalue weighted by atomic mass is 16.6. The summed E-state index contributed by atoms with van der Waals surface area (Å²) in [5, 5.41) is 4.00. The predicted molar refractivity (Wildman–Crippen MR) is 133 cm³/mol. The summed E-state index contributed by atoms with van der Waals surface area (Å²) in [5.41, 5.74) is 3.93. The molecule has 1 amide bonds. The Hall–Kier alpha value is -4.33. The minimum Gasteiger partial charge on any atom is -0.497 e. The number of nitrogens with one attached hydrogen (secondary N) is 1. The van der Waals surface area contributed by atoms with Crippen molar-refractivity contribution in [2.75, 3.05) is 20.3 Å². The van der Waals surface area contributed by atoms with Crippen LogP contribution in [0.15, 0.2) is 71.8 Å². The number of benzene rings is 3. The molecule has 1 N–H and O–H groups in total. The second-order valence-corrected chi connectivity index (χ2v) is 7.33. The van der Waals surface area contributed by atoms with Crippen molar-refractivity contribution in [3.05, 3.63) is 83.4 Å². The van der Waals surface area contributed by atoms with Gasteiger partial charge in [0.2, 0.25) is 0 Å². The van der Waals surface area contributed by atoms with Crippen LogP contribution < -0.4 is 24.4 Å². The number of methoxy groups -OCH3 is 1. The van der Waals surface area contributed by atoms with Crippen LogP contribution in [0.2, 0.25) is 0 Å². The molecule has 8 nitrogen and oxygen atoms in total. The summed E-state index contributed by atoms with van der Waals surface area (Å²) >= 11 is 0. The fourth-order valence-electron chi connectivity index (χ4n) is 3.02. The van der Waals surface area contributed by atoms with Crippen molar-refractivity contribution >= 4 is 18.1 Å². The molecule has 0 aromatic heterocycles. The van der Waals surface area contributed by atoms with Gasteiger partial charge in [-0.05, 0) is 79.6 Å². The van der Waals surface area contributed by atoms with Crippen molar-refractivity contribution in [1.29, 1.82) is 0 Å². The molecule has 35 heavy (non-hydrogen) atoms. The minimum atomic E-state index is -0.514. The van der Waals surface area contributed by atoms with E-state index >= 15 is 0 Å². The fraction of sp³-hybridized carbons (Fsp3) is 0.222. The summed E-state index contributed by atoms with van der Waals surface area (Å²) in [5.74, 6) is 1.05. The number of rotatable bonds is 11. The van der Waals surface area contributed by atoms with Gasteiger partial charge in [0.15, 0.2) is 11.5 Å². The maximum Gasteiger partial charge on any atom is 0.343 e. The fourth-order valence-corrected chi connectivity index (χ4v) is 3.02. The van der Waals surface area contributed by atoms with Crippen LogP contribution in [0.4, 0.5) is 0 Å². The molecule has 0 saturated heterocycles. The van der Waals surface area contributed by atoms with Crippen LogP contribution >= 0.6 is 0 Å². The number of carbonyl (C=O) groups is 2. The van der Waals surface area contributed by atoms with E-state index in [0.29, 0.717) is 47.2 Å². The van der Waals surface area contributed by atoms with E-state index in [2.05, 4.69) is 10.5 Å². The average Bonchev–Trinajstić information content (AvgIpc) is 2.89. The van der Waals surface area contributed by atoms with E-state index in [0.717, 1.165) is 6.42 Å². The standard InChI is InChI=1S/C27H28N2O6/c1-4-15-34-22-12-10-20(11-13-22)27(31)35-24-14-9-19(16-25(24)33-5-2)18-28-29-26(30)21-7-6-8-23(17-21)32-3/h6-14,16-18H,4-5,15H2,1-3H3,(H,29,30)/b28-18+. The number of esters is 1. The lowest BCUT2D eigenvalue weighted by atomic mass is 10.2. The molecule has 0 radical (unpaired) electrons. The normalized spacial score (nSPS) is 10.6. The molecular formula is C27H28N2O6. The van der Waals surface area contributed by atoms with Crippen LogP contribution in [0.25, 0.3) is 0 Å². The lowest BCUT2D eigenvalue weighted by Crippen LogP contribution is -2.17. The first-order chi connectivity index (χ1) is 17.0. The zero-order valence-electron chi connectivity index (χ0n) is 19.9. The Bertz CT molecular complexity index is 1170. The van der Waals surface area contributed by atoms with Crippen LogP contribution in [0.3, 0.4) is 0 Å². The molecule has 0 unspecified atom stereocenters. The molecule has 0 saturated carbocycles. The van der Waals surface area contributed by atoms with Gasteiger partial charge in [-0.1, -0.05) is 13.0 Å². The molecule has 3 rings (SSSR count). The molecule has 3 aromatic carbocycles. The highest BCUT2D eigenvalue weighted by Crippen LogP contribution is 2.29. The quantitative estimate of drug-likeness (QED) is 0.184. The van der Waals surface area contributed by atoms with Gasteiger partial charge in [0.1, 0.15) is 11.5 Å². The van der Waals surface area contributed by atoms with Gasteiger partial charge in [-0.2, -0.15) is 5.10 Å². The smallest absolute Gasteiger partial charge is 0.343 e. The van der Waals surface area contributed by atoms with Crippen molar-refractivity contribution in [3.63, 3.8) is 0 Å². The first kappa shape index (κ1) is 25.3. The highest BCUT2D eigenvalue weighted by molar-refractivity contribution is 5.95. The second-order valence-electron chi connectivity index (χ2n) is 7.33. The molecule has 3 aromatic rings. The van der Waals surface area contributed by atoms with Crippen LogP contribution in [0.5, 0.6) is 23.0 Å². The maximum absolute atomic E-state index is 12.6. The molecule has 182 valence electrons. The van der Waals surface area contributed by atoms with Gasteiger partial charge in [-0.3, -0.25) is 4.79 Å². The summed E-state index contributed by atoms with van der Waals surface area (Å²) in [6, 6.07) is 18.5. The van der Waals surface area contributed by atoms with Crippen LogP contribution in [-0.2, 0) is 0 Å². The lowest BCUT2D eigenvalue weighted by molar-refractivity contribution is 0.0728. The molecule has 0 atom stereocenters. The van der Waals surface area contributed by atoms with Crippen LogP contribution in [0.1, 0.15) is 46.5 Å². The number of hydrogen-bond acceptors (Lipinski definition) is 7. The Balaban J connectivity index is 1.66. The van der Waals surface area contributed by atoms with Crippen molar-refractivity contribution in [2.24, 2.45) is 5.10 Å². The van der Waals surface area contributed by atoms with E-state index in [1.165, 1.54) is 13.3 Å². The molecule has 0 bridgehead atoms. The number of carbonyl (C=O) groups excluding carboxylic acids is 2. The molecule has 0 heterocycles. The van der Waals surface area contributed by atoms with Gasteiger partial charge in [-0.15, -0.1) is 0 Å². The summed E-state index contributed by atoms with van der Waals surface area (Å²) in [6.07, 6.45) is 2.38. The first-order valence-electron chi connectivity index (χ1n) is 11.2. The summed E-state index contributed by atoms with van der Waals surface area (Å²) in [7, 11) is 1.53. The minimum absolute atomic E-state index is 0.278.